The molecule has 0 spiro atoms. The lowest BCUT2D eigenvalue weighted by molar-refractivity contribution is -0.119. The van der Waals surface area contributed by atoms with E-state index in [1.54, 1.807) is 18.2 Å². The number of sulfonamides is 1. The molecular formula is C23H28Cl2N2O4S. The molecule has 9 heteroatoms. The van der Waals surface area contributed by atoms with Gasteiger partial charge in [0.25, 0.3) is 10.0 Å². The number of ether oxygens (including phenoxy) is 1. The summed E-state index contributed by atoms with van der Waals surface area (Å²) in [5.74, 6) is -0.418. The van der Waals surface area contributed by atoms with E-state index < -0.39 is 22.5 Å². The van der Waals surface area contributed by atoms with Gasteiger partial charge in [-0.25, -0.2) is 8.42 Å². The Labute approximate surface area is 199 Å². The Bertz CT molecular complexity index is 976. The van der Waals surface area contributed by atoms with E-state index >= 15 is 0 Å². The molecule has 2 aromatic rings. The summed E-state index contributed by atoms with van der Waals surface area (Å²) in [4.78, 5) is 12.7. The van der Waals surface area contributed by atoms with Crippen molar-refractivity contribution in [2.45, 2.75) is 49.5 Å². The maximum Gasteiger partial charge on any atom is 0.264 e. The second kappa shape index (κ2) is 11.9. The van der Waals surface area contributed by atoms with Gasteiger partial charge in [-0.3, -0.25) is 9.10 Å². The predicted octanol–water partition coefficient (Wildman–Crippen LogP) is 5.04. The third kappa shape index (κ3) is 7.10. The molecule has 0 bridgehead atoms. The number of anilines is 1. The maximum atomic E-state index is 13.3. The van der Waals surface area contributed by atoms with E-state index in [4.69, 9.17) is 27.9 Å². The third-order valence-electron chi connectivity index (χ3n) is 5.30. The molecule has 0 unspecified atom stereocenters. The zero-order chi connectivity index (χ0) is 23.0. The summed E-state index contributed by atoms with van der Waals surface area (Å²) < 4.78 is 33.5. The molecule has 1 saturated carbocycles. The van der Waals surface area contributed by atoms with Crippen molar-refractivity contribution in [3.63, 3.8) is 0 Å². The average molecular weight is 499 g/mol. The molecule has 0 saturated heterocycles. The molecular weight excluding hydrogens is 471 g/mol. The van der Waals surface area contributed by atoms with Gasteiger partial charge in [0, 0.05) is 23.2 Å². The van der Waals surface area contributed by atoms with Gasteiger partial charge < -0.3 is 10.1 Å². The molecule has 1 aliphatic carbocycles. The monoisotopic (exact) mass is 498 g/mol. The first-order valence-corrected chi connectivity index (χ1v) is 13.0. The zero-order valence-corrected chi connectivity index (χ0v) is 20.1. The van der Waals surface area contributed by atoms with E-state index in [0.29, 0.717) is 25.7 Å². The standard InChI is InChI=1S/C23H28Cl2N2O4S/c24-18-14-19(25)16-20(15-18)27(32(29,30)22-10-5-2-6-11-22)17-23(28)26-12-7-13-31-21-8-3-1-4-9-21/h2,5-6,10-11,14-16,21H,1,3-4,7-9,12-13,17H2,(H,26,28). The number of benzene rings is 2. The Morgan fingerprint density at radius 1 is 1.03 bits per heavy atom. The van der Waals surface area contributed by atoms with Gasteiger partial charge in [0.05, 0.1) is 16.7 Å². The fraction of sp³-hybridized carbons (Fsp3) is 0.435. The Morgan fingerprint density at radius 2 is 1.69 bits per heavy atom. The highest BCUT2D eigenvalue weighted by atomic mass is 35.5. The summed E-state index contributed by atoms with van der Waals surface area (Å²) in [6, 6.07) is 12.4. The van der Waals surface area contributed by atoms with Crippen molar-refractivity contribution < 1.29 is 17.9 Å². The highest BCUT2D eigenvalue weighted by Crippen LogP contribution is 2.29. The molecule has 32 heavy (non-hydrogen) atoms. The van der Waals surface area contributed by atoms with Gasteiger partial charge in [0.2, 0.25) is 5.91 Å². The van der Waals surface area contributed by atoms with Crippen LogP contribution in [0.2, 0.25) is 10.0 Å². The normalized spacial score (nSPS) is 14.8. The quantitative estimate of drug-likeness (QED) is 0.465. The molecule has 1 fully saturated rings. The Balaban J connectivity index is 1.64. The summed E-state index contributed by atoms with van der Waals surface area (Å²) in [5, 5.41) is 3.34. The van der Waals surface area contributed by atoms with Crippen molar-refractivity contribution in [2.24, 2.45) is 0 Å². The Hall–Kier alpha value is -1.80. The van der Waals surface area contributed by atoms with Crippen LogP contribution in [-0.2, 0) is 19.6 Å². The molecule has 1 aliphatic rings. The molecule has 0 atom stereocenters. The van der Waals surface area contributed by atoms with Gasteiger partial charge in [-0.2, -0.15) is 0 Å². The van der Waals surface area contributed by atoms with Crippen LogP contribution in [-0.4, -0.2) is 40.1 Å². The van der Waals surface area contributed by atoms with Crippen LogP contribution in [0.3, 0.4) is 0 Å². The van der Waals surface area contributed by atoms with Gasteiger partial charge in [-0.05, 0) is 49.6 Å². The largest absolute Gasteiger partial charge is 0.378 e. The molecule has 0 radical (unpaired) electrons. The third-order valence-corrected chi connectivity index (χ3v) is 7.53. The molecule has 0 aromatic heterocycles. The van der Waals surface area contributed by atoms with Gasteiger partial charge in [-0.1, -0.05) is 60.7 Å². The van der Waals surface area contributed by atoms with Crippen LogP contribution >= 0.6 is 23.2 Å². The van der Waals surface area contributed by atoms with Crippen LogP contribution in [0.4, 0.5) is 5.69 Å². The van der Waals surface area contributed by atoms with E-state index in [1.165, 1.54) is 49.6 Å². The minimum absolute atomic E-state index is 0.0739. The lowest BCUT2D eigenvalue weighted by Gasteiger charge is -2.24. The number of carbonyl (C=O) groups excluding carboxylic acids is 1. The molecule has 0 aliphatic heterocycles. The van der Waals surface area contributed by atoms with Crippen molar-refractivity contribution in [1.82, 2.24) is 5.32 Å². The van der Waals surface area contributed by atoms with E-state index in [-0.39, 0.29) is 20.6 Å². The van der Waals surface area contributed by atoms with Gasteiger partial charge in [0.1, 0.15) is 6.54 Å². The molecule has 1 N–H and O–H groups in total. The number of rotatable bonds is 10. The topological polar surface area (TPSA) is 75.7 Å². The van der Waals surface area contributed by atoms with Crippen molar-refractivity contribution in [1.29, 1.82) is 0 Å². The van der Waals surface area contributed by atoms with E-state index in [9.17, 15) is 13.2 Å². The van der Waals surface area contributed by atoms with Crippen molar-refractivity contribution >= 4 is 44.8 Å². The minimum Gasteiger partial charge on any atom is -0.378 e. The van der Waals surface area contributed by atoms with Crippen LogP contribution < -0.4 is 9.62 Å². The molecule has 174 valence electrons. The van der Waals surface area contributed by atoms with Gasteiger partial charge in [0.15, 0.2) is 0 Å². The summed E-state index contributed by atoms with van der Waals surface area (Å²) >= 11 is 12.2. The Morgan fingerprint density at radius 3 is 2.34 bits per heavy atom. The predicted molar refractivity (Wildman–Crippen MR) is 128 cm³/mol. The number of nitrogens with one attached hydrogen (secondary N) is 1. The summed E-state index contributed by atoms with van der Waals surface area (Å²) in [5.41, 5.74) is 0.224. The van der Waals surface area contributed by atoms with Crippen LogP contribution in [0.1, 0.15) is 38.5 Å². The number of halogens is 2. The molecule has 2 aromatic carbocycles. The smallest absolute Gasteiger partial charge is 0.264 e. The van der Waals surface area contributed by atoms with E-state index in [2.05, 4.69) is 5.32 Å². The van der Waals surface area contributed by atoms with Crippen LogP contribution in [0, 0.1) is 0 Å². The van der Waals surface area contributed by atoms with E-state index in [1.807, 2.05) is 0 Å². The summed E-state index contributed by atoms with van der Waals surface area (Å²) in [6.45, 7) is 0.583. The minimum atomic E-state index is -4.00. The number of hydrogen-bond acceptors (Lipinski definition) is 4. The SMILES string of the molecule is O=C(CN(c1cc(Cl)cc(Cl)c1)S(=O)(=O)c1ccccc1)NCCCOC1CCCCC1. The van der Waals surface area contributed by atoms with E-state index in [0.717, 1.165) is 17.1 Å². The average Bonchev–Trinajstić information content (AvgIpc) is 2.78. The summed E-state index contributed by atoms with van der Waals surface area (Å²) in [7, 11) is -4.00. The first-order valence-electron chi connectivity index (χ1n) is 10.8. The number of amides is 1. The highest BCUT2D eigenvalue weighted by Gasteiger charge is 2.27. The fourth-order valence-electron chi connectivity index (χ4n) is 3.69. The summed E-state index contributed by atoms with van der Waals surface area (Å²) in [6.07, 6.45) is 6.87. The Kier molecular flexibility index (Phi) is 9.22. The lowest BCUT2D eigenvalue weighted by Crippen LogP contribution is -2.41. The molecule has 0 heterocycles. The van der Waals surface area contributed by atoms with Crippen LogP contribution in [0.5, 0.6) is 0 Å². The van der Waals surface area contributed by atoms with Gasteiger partial charge in [-0.15, -0.1) is 0 Å². The van der Waals surface area contributed by atoms with Gasteiger partial charge >= 0.3 is 0 Å². The molecule has 1 amide bonds. The zero-order valence-electron chi connectivity index (χ0n) is 17.8. The lowest BCUT2D eigenvalue weighted by atomic mass is 9.98. The van der Waals surface area contributed by atoms with Crippen LogP contribution in [0.15, 0.2) is 53.4 Å². The maximum absolute atomic E-state index is 13.3. The highest BCUT2D eigenvalue weighted by molar-refractivity contribution is 7.92. The number of carbonyl (C=O) groups is 1. The first-order chi connectivity index (χ1) is 15.4. The van der Waals surface area contributed by atoms with Crippen molar-refractivity contribution in [3.8, 4) is 0 Å². The second-order valence-electron chi connectivity index (χ2n) is 7.79. The van der Waals surface area contributed by atoms with Crippen LogP contribution in [0.25, 0.3) is 0 Å². The number of hydrogen-bond donors (Lipinski definition) is 1. The second-order valence-corrected chi connectivity index (χ2v) is 10.5. The number of nitrogens with zero attached hydrogens (tertiary/aromatic N) is 1. The molecule has 6 nitrogen and oxygen atoms in total. The first kappa shape index (κ1) is 24.8. The van der Waals surface area contributed by atoms with Crippen molar-refractivity contribution in [3.05, 3.63) is 58.6 Å². The fourth-order valence-corrected chi connectivity index (χ4v) is 5.63. The van der Waals surface area contributed by atoms with Crippen molar-refractivity contribution in [2.75, 3.05) is 24.0 Å². The molecule has 3 rings (SSSR count).